The molecule has 2 aromatic rings. The Morgan fingerprint density at radius 2 is 2.00 bits per heavy atom. The highest BCUT2D eigenvalue weighted by molar-refractivity contribution is 8.01. The Morgan fingerprint density at radius 3 is 2.67 bits per heavy atom. The lowest BCUT2D eigenvalue weighted by atomic mass is 10.1. The predicted molar refractivity (Wildman–Crippen MR) is 85.5 cm³/mol. The zero-order chi connectivity index (χ0) is 15.2. The molecule has 1 saturated heterocycles. The molecule has 6 heteroatoms. The third-order valence-electron chi connectivity index (χ3n) is 3.77. The van der Waals surface area contributed by atoms with E-state index in [1.165, 1.54) is 11.8 Å². The molecule has 1 aromatic heterocycles. The van der Waals surface area contributed by atoms with E-state index >= 15 is 0 Å². The molecule has 1 aliphatic heterocycles. The summed E-state index contributed by atoms with van der Waals surface area (Å²) in [6, 6.07) is 8.02. The van der Waals surface area contributed by atoms with Gasteiger partial charge in [0.05, 0.1) is 33.4 Å². The van der Waals surface area contributed by atoms with Crippen LogP contribution in [0.1, 0.15) is 11.1 Å². The fraction of sp³-hybridized carbons (Fsp3) is 0.400. The van der Waals surface area contributed by atoms with Crippen molar-refractivity contribution in [3.8, 4) is 0 Å². The maximum atomic E-state index is 11.6. The molecule has 0 amide bonds. The van der Waals surface area contributed by atoms with Gasteiger partial charge in [0.2, 0.25) is 0 Å². The summed E-state index contributed by atoms with van der Waals surface area (Å²) in [5, 5.41) is 11.4. The second kappa shape index (κ2) is 5.26. The van der Waals surface area contributed by atoms with Crippen LogP contribution in [0, 0.1) is 13.8 Å². The largest absolute Gasteiger partial charge is 0.391 e. The van der Waals surface area contributed by atoms with Gasteiger partial charge in [0.1, 0.15) is 0 Å². The number of aliphatic hydroxyl groups excluding tert-OH is 1. The summed E-state index contributed by atoms with van der Waals surface area (Å²) >= 11 is 1.36. The van der Waals surface area contributed by atoms with E-state index in [-0.39, 0.29) is 16.8 Å². The summed E-state index contributed by atoms with van der Waals surface area (Å²) < 4.78 is 23.2. The number of nitrogens with zero attached hydrogens (tertiary/aromatic N) is 1. The highest BCUT2D eigenvalue weighted by atomic mass is 32.2. The number of aliphatic hydroxyl groups is 1. The highest BCUT2D eigenvalue weighted by Crippen LogP contribution is 2.32. The summed E-state index contributed by atoms with van der Waals surface area (Å²) in [6.07, 6.45) is -0.810. The number of benzene rings is 1. The van der Waals surface area contributed by atoms with Crippen molar-refractivity contribution in [2.75, 3.05) is 11.5 Å². The Kier molecular flexibility index (Phi) is 3.71. The topological polar surface area (TPSA) is 67.3 Å². The summed E-state index contributed by atoms with van der Waals surface area (Å²) in [7, 11) is -3.12. The van der Waals surface area contributed by atoms with Gasteiger partial charge in [-0.05, 0) is 31.0 Å². The minimum absolute atomic E-state index is 0.0192. The first-order chi connectivity index (χ1) is 9.85. The average Bonchev–Trinajstić information content (AvgIpc) is 2.64. The van der Waals surface area contributed by atoms with E-state index in [9.17, 15) is 13.5 Å². The Hall–Kier alpha value is -1.11. The number of thioether (sulfide) groups is 1. The molecule has 0 unspecified atom stereocenters. The smallest absolute Gasteiger partial charge is 0.154 e. The fourth-order valence-electron chi connectivity index (χ4n) is 2.66. The molecule has 2 atom stereocenters. The zero-order valence-electron chi connectivity index (χ0n) is 11.9. The van der Waals surface area contributed by atoms with E-state index in [1.807, 2.05) is 38.1 Å². The third-order valence-corrected chi connectivity index (χ3v) is 6.93. The van der Waals surface area contributed by atoms with Crippen LogP contribution in [-0.2, 0) is 9.84 Å². The van der Waals surface area contributed by atoms with Gasteiger partial charge in [0.25, 0.3) is 0 Å². The minimum atomic E-state index is -3.12. The van der Waals surface area contributed by atoms with Crippen LogP contribution in [0.25, 0.3) is 10.9 Å². The van der Waals surface area contributed by atoms with Crippen molar-refractivity contribution in [1.82, 2.24) is 4.98 Å². The zero-order valence-corrected chi connectivity index (χ0v) is 13.5. The van der Waals surface area contributed by atoms with Crippen molar-refractivity contribution in [2.24, 2.45) is 0 Å². The van der Waals surface area contributed by atoms with Gasteiger partial charge in [0, 0.05) is 5.39 Å². The molecular weight excluding hydrogens is 306 g/mol. The molecule has 0 spiro atoms. The molecule has 0 bridgehead atoms. The van der Waals surface area contributed by atoms with Gasteiger partial charge in [-0.25, -0.2) is 13.4 Å². The number of aromatic nitrogens is 1. The van der Waals surface area contributed by atoms with Crippen LogP contribution < -0.4 is 0 Å². The quantitative estimate of drug-likeness (QED) is 0.917. The van der Waals surface area contributed by atoms with E-state index in [0.29, 0.717) is 0 Å². The second-order valence-corrected chi connectivity index (χ2v) is 8.96. The van der Waals surface area contributed by atoms with Crippen LogP contribution in [-0.4, -0.2) is 41.4 Å². The van der Waals surface area contributed by atoms with Crippen LogP contribution >= 0.6 is 11.8 Å². The Labute approximate surface area is 128 Å². The number of pyridine rings is 1. The average molecular weight is 323 g/mol. The van der Waals surface area contributed by atoms with Gasteiger partial charge < -0.3 is 5.11 Å². The van der Waals surface area contributed by atoms with Gasteiger partial charge >= 0.3 is 0 Å². The first-order valence-corrected chi connectivity index (χ1v) is 9.48. The molecule has 1 aromatic carbocycles. The highest BCUT2D eigenvalue weighted by Gasteiger charge is 2.37. The maximum absolute atomic E-state index is 11.6. The van der Waals surface area contributed by atoms with Crippen LogP contribution in [0.4, 0.5) is 0 Å². The molecule has 0 saturated carbocycles. The van der Waals surface area contributed by atoms with Crippen LogP contribution in [0.3, 0.4) is 0 Å². The van der Waals surface area contributed by atoms with Crippen LogP contribution in [0.2, 0.25) is 0 Å². The Bertz CT molecular complexity index is 802. The number of fused-ring (bicyclic) bond motifs is 1. The molecule has 3 rings (SSSR count). The van der Waals surface area contributed by atoms with Gasteiger partial charge in [-0.15, -0.1) is 0 Å². The van der Waals surface area contributed by atoms with E-state index in [2.05, 4.69) is 4.98 Å². The number of rotatable bonds is 2. The van der Waals surface area contributed by atoms with Gasteiger partial charge in [-0.3, -0.25) is 0 Å². The molecule has 112 valence electrons. The van der Waals surface area contributed by atoms with E-state index in [4.69, 9.17) is 0 Å². The minimum Gasteiger partial charge on any atom is -0.391 e. The monoisotopic (exact) mass is 323 g/mol. The number of para-hydroxylation sites is 1. The second-order valence-electron chi connectivity index (χ2n) is 5.55. The normalized spacial score (nSPS) is 24.5. The van der Waals surface area contributed by atoms with Crippen molar-refractivity contribution >= 4 is 32.5 Å². The lowest BCUT2D eigenvalue weighted by Crippen LogP contribution is -2.20. The molecule has 2 heterocycles. The lowest BCUT2D eigenvalue weighted by molar-refractivity contribution is 0.207. The standard InChI is InChI=1S/C15H17NO3S2/c1-9-4-3-5-11-10(2)6-14(16-15(9)11)20-13-8-21(18,19)7-12(13)17/h3-6,12-13,17H,7-8H2,1-2H3/t12-,13+/m1/s1. The molecule has 1 aliphatic rings. The van der Waals surface area contributed by atoms with Crippen molar-refractivity contribution in [3.63, 3.8) is 0 Å². The van der Waals surface area contributed by atoms with Gasteiger partial charge in [-0.2, -0.15) is 0 Å². The SMILES string of the molecule is Cc1cc(S[C@H]2CS(=O)(=O)C[C@H]2O)nc2c(C)cccc12. The number of hydrogen-bond acceptors (Lipinski definition) is 5. The number of sulfone groups is 1. The fourth-order valence-corrected chi connectivity index (χ4v) is 6.24. The summed E-state index contributed by atoms with van der Waals surface area (Å²) in [5.74, 6) is -0.123. The van der Waals surface area contributed by atoms with E-state index in [0.717, 1.165) is 27.1 Å². The first kappa shape index (κ1) is 14.8. The Morgan fingerprint density at radius 1 is 1.24 bits per heavy atom. The van der Waals surface area contributed by atoms with E-state index < -0.39 is 15.9 Å². The molecule has 4 nitrogen and oxygen atoms in total. The van der Waals surface area contributed by atoms with Gasteiger partial charge in [0.15, 0.2) is 9.84 Å². The summed E-state index contributed by atoms with van der Waals surface area (Å²) in [5.41, 5.74) is 3.15. The molecule has 21 heavy (non-hydrogen) atoms. The molecule has 0 radical (unpaired) electrons. The molecule has 0 aliphatic carbocycles. The van der Waals surface area contributed by atoms with Crippen molar-refractivity contribution < 1.29 is 13.5 Å². The maximum Gasteiger partial charge on any atom is 0.154 e. The number of aryl methyl sites for hydroxylation is 2. The van der Waals surface area contributed by atoms with Crippen LogP contribution in [0.15, 0.2) is 29.3 Å². The van der Waals surface area contributed by atoms with Crippen LogP contribution in [0.5, 0.6) is 0 Å². The van der Waals surface area contributed by atoms with Crippen molar-refractivity contribution in [1.29, 1.82) is 0 Å². The molecule has 1 N–H and O–H groups in total. The molecule has 1 fully saturated rings. The first-order valence-electron chi connectivity index (χ1n) is 6.78. The lowest BCUT2D eigenvalue weighted by Gasteiger charge is -2.13. The van der Waals surface area contributed by atoms with E-state index in [1.54, 1.807) is 0 Å². The summed E-state index contributed by atoms with van der Waals surface area (Å²) in [4.78, 5) is 4.64. The van der Waals surface area contributed by atoms with Crippen molar-refractivity contribution in [3.05, 3.63) is 35.4 Å². The Balaban J connectivity index is 1.97. The molecular formula is C15H17NO3S2. The number of hydrogen-bond donors (Lipinski definition) is 1. The summed E-state index contributed by atoms with van der Waals surface area (Å²) in [6.45, 7) is 4.04. The third kappa shape index (κ3) is 2.93. The predicted octanol–water partition coefficient (Wildman–Crippen LogP) is 2.10. The van der Waals surface area contributed by atoms with Gasteiger partial charge in [-0.1, -0.05) is 30.0 Å². The van der Waals surface area contributed by atoms with Crippen molar-refractivity contribution in [2.45, 2.75) is 30.2 Å².